The Labute approximate surface area is 217 Å². The van der Waals surface area contributed by atoms with E-state index in [2.05, 4.69) is 19.9 Å². The molecule has 0 aliphatic heterocycles. The molecule has 3 aromatic heterocycles. The van der Waals surface area contributed by atoms with Crippen LogP contribution in [0.5, 0.6) is 11.5 Å². The van der Waals surface area contributed by atoms with Gasteiger partial charge < -0.3 is 4.74 Å². The van der Waals surface area contributed by atoms with Crippen molar-refractivity contribution in [2.75, 3.05) is 11.0 Å². The lowest BCUT2D eigenvalue weighted by molar-refractivity contribution is 0.427. The summed E-state index contributed by atoms with van der Waals surface area (Å²) in [5, 5.41) is 7.78. The van der Waals surface area contributed by atoms with Crippen LogP contribution in [0.1, 0.15) is 0 Å². The fraction of sp³-hybridized carbons (Fsp3) is 0.0455. The van der Waals surface area contributed by atoms with Crippen molar-refractivity contribution in [1.82, 2.24) is 19.6 Å². The van der Waals surface area contributed by atoms with E-state index in [-0.39, 0.29) is 10.9 Å². The average Bonchev–Trinajstić information content (AvgIpc) is 3.51. The second-order valence-corrected chi connectivity index (χ2v) is 11.3. The van der Waals surface area contributed by atoms with Crippen LogP contribution in [0.4, 0.5) is 13.9 Å². The van der Waals surface area contributed by atoms with E-state index in [4.69, 9.17) is 16.3 Å². The lowest BCUT2D eigenvalue weighted by atomic mass is 10.1. The molecule has 0 aliphatic carbocycles. The first-order valence-corrected chi connectivity index (χ1v) is 13.9. The van der Waals surface area contributed by atoms with E-state index in [1.165, 1.54) is 23.9 Å². The SMILES string of the molecule is CSc1nnc(NS(=O)(=O)c2cc(F)cc(Oc3ccc(Cl)cc3-c3cccc4nccn34)c2F)s1. The number of benzene rings is 2. The van der Waals surface area contributed by atoms with Gasteiger partial charge in [0.2, 0.25) is 5.13 Å². The molecule has 5 aromatic rings. The first-order valence-electron chi connectivity index (χ1n) is 10.0. The Hall–Kier alpha value is -3.26. The van der Waals surface area contributed by atoms with Gasteiger partial charge in [-0.15, -0.1) is 10.2 Å². The molecule has 184 valence electrons. The van der Waals surface area contributed by atoms with Crippen molar-refractivity contribution in [2.45, 2.75) is 9.24 Å². The van der Waals surface area contributed by atoms with Crippen molar-refractivity contribution in [3.63, 3.8) is 0 Å². The number of pyridine rings is 1. The maximum Gasteiger partial charge on any atom is 0.266 e. The van der Waals surface area contributed by atoms with E-state index in [1.807, 2.05) is 0 Å². The maximum atomic E-state index is 15.4. The second-order valence-electron chi connectivity index (χ2n) is 7.21. The second kappa shape index (κ2) is 9.65. The lowest BCUT2D eigenvalue weighted by Crippen LogP contribution is -2.15. The van der Waals surface area contributed by atoms with E-state index in [1.54, 1.807) is 47.3 Å². The number of nitrogens with zero attached hydrogens (tertiary/aromatic N) is 4. The Morgan fingerprint density at radius 3 is 2.72 bits per heavy atom. The minimum Gasteiger partial charge on any atom is -0.453 e. The lowest BCUT2D eigenvalue weighted by Gasteiger charge is -2.15. The Morgan fingerprint density at radius 1 is 1.11 bits per heavy atom. The van der Waals surface area contributed by atoms with Gasteiger partial charge >= 0.3 is 0 Å². The summed E-state index contributed by atoms with van der Waals surface area (Å²) in [6.07, 6.45) is 5.08. The van der Waals surface area contributed by atoms with Crippen molar-refractivity contribution in [3.8, 4) is 22.8 Å². The van der Waals surface area contributed by atoms with Gasteiger partial charge in [0.15, 0.2) is 15.9 Å². The number of sulfonamides is 1. The van der Waals surface area contributed by atoms with E-state index in [0.717, 1.165) is 17.4 Å². The van der Waals surface area contributed by atoms with E-state index >= 15 is 4.39 Å². The van der Waals surface area contributed by atoms with Gasteiger partial charge in [-0.3, -0.25) is 9.12 Å². The zero-order valence-corrected chi connectivity index (χ0v) is 21.4. The van der Waals surface area contributed by atoms with E-state index in [0.29, 0.717) is 32.3 Å². The molecular formula is C22H14ClF2N5O3S3. The Bertz CT molecular complexity index is 1710. The van der Waals surface area contributed by atoms with Gasteiger partial charge in [0, 0.05) is 29.0 Å². The number of thioether (sulfide) groups is 1. The molecule has 0 fully saturated rings. The highest BCUT2D eigenvalue weighted by Gasteiger charge is 2.26. The average molecular weight is 566 g/mol. The van der Waals surface area contributed by atoms with Crippen LogP contribution in [0.25, 0.3) is 16.9 Å². The van der Waals surface area contributed by atoms with Crippen molar-refractivity contribution in [1.29, 1.82) is 0 Å². The summed E-state index contributed by atoms with van der Waals surface area (Å²) < 4.78 is 65.8. The number of halogens is 3. The molecule has 0 amide bonds. The molecule has 36 heavy (non-hydrogen) atoms. The monoisotopic (exact) mass is 565 g/mol. The fourth-order valence-electron chi connectivity index (χ4n) is 3.39. The number of hydrogen-bond donors (Lipinski definition) is 1. The molecule has 1 N–H and O–H groups in total. The number of aromatic nitrogens is 4. The van der Waals surface area contributed by atoms with Gasteiger partial charge in [0.25, 0.3) is 10.0 Å². The zero-order valence-electron chi connectivity index (χ0n) is 18.1. The highest BCUT2D eigenvalue weighted by atomic mass is 35.5. The number of imidazole rings is 1. The minimum atomic E-state index is -4.55. The molecule has 0 bridgehead atoms. The number of rotatable bonds is 7. The summed E-state index contributed by atoms with van der Waals surface area (Å²) in [6.45, 7) is 0. The van der Waals surface area contributed by atoms with Gasteiger partial charge in [-0.1, -0.05) is 40.8 Å². The predicted octanol–water partition coefficient (Wildman–Crippen LogP) is 6.10. The molecule has 0 unspecified atom stereocenters. The molecule has 0 radical (unpaired) electrons. The number of fused-ring (bicyclic) bond motifs is 1. The largest absolute Gasteiger partial charge is 0.453 e. The topological polar surface area (TPSA) is 98.5 Å². The molecule has 14 heteroatoms. The van der Waals surface area contributed by atoms with Crippen molar-refractivity contribution < 1.29 is 21.9 Å². The third kappa shape index (κ3) is 4.74. The van der Waals surface area contributed by atoms with Crippen LogP contribution in [0, 0.1) is 11.6 Å². The number of anilines is 1. The summed E-state index contributed by atoms with van der Waals surface area (Å²) in [5.74, 6) is -2.80. The Balaban J connectivity index is 1.56. The first-order chi connectivity index (χ1) is 17.2. The molecule has 0 aliphatic rings. The van der Waals surface area contributed by atoms with Gasteiger partial charge in [0.05, 0.1) is 5.69 Å². The van der Waals surface area contributed by atoms with Crippen LogP contribution in [0.2, 0.25) is 5.02 Å². The molecule has 5 rings (SSSR count). The first kappa shape index (κ1) is 24.4. The molecule has 3 heterocycles. The maximum absolute atomic E-state index is 15.4. The summed E-state index contributed by atoms with van der Waals surface area (Å²) in [7, 11) is -4.55. The van der Waals surface area contributed by atoms with Gasteiger partial charge in [0.1, 0.15) is 22.1 Å². The Morgan fingerprint density at radius 2 is 1.94 bits per heavy atom. The molecule has 2 aromatic carbocycles. The third-order valence-corrected chi connectivity index (χ3v) is 8.45. The Kier molecular flexibility index (Phi) is 6.55. The number of hydrogen-bond acceptors (Lipinski definition) is 8. The van der Waals surface area contributed by atoms with Crippen LogP contribution in [-0.4, -0.2) is 34.3 Å². The van der Waals surface area contributed by atoms with Crippen LogP contribution in [0.3, 0.4) is 0 Å². The van der Waals surface area contributed by atoms with Gasteiger partial charge in [-0.25, -0.2) is 22.2 Å². The quantitative estimate of drug-likeness (QED) is 0.238. The molecule has 8 nitrogen and oxygen atoms in total. The van der Waals surface area contributed by atoms with Crippen molar-refractivity contribution in [2.24, 2.45) is 0 Å². The summed E-state index contributed by atoms with van der Waals surface area (Å²) in [4.78, 5) is 3.30. The molecule has 0 spiro atoms. The van der Waals surface area contributed by atoms with E-state index < -0.39 is 32.3 Å². The van der Waals surface area contributed by atoms with Crippen LogP contribution in [-0.2, 0) is 10.0 Å². The highest BCUT2D eigenvalue weighted by Crippen LogP contribution is 2.38. The summed E-state index contributed by atoms with van der Waals surface area (Å²) >= 11 is 8.43. The summed E-state index contributed by atoms with van der Waals surface area (Å²) in [5.41, 5.74) is 1.72. The fourth-order valence-corrected chi connectivity index (χ4v) is 6.06. The zero-order chi connectivity index (χ0) is 25.4. The summed E-state index contributed by atoms with van der Waals surface area (Å²) in [6, 6.07) is 11.3. The van der Waals surface area contributed by atoms with Crippen LogP contribution in [0.15, 0.2) is 70.2 Å². The smallest absolute Gasteiger partial charge is 0.266 e. The van der Waals surface area contributed by atoms with Crippen LogP contribution >= 0.6 is 34.7 Å². The van der Waals surface area contributed by atoms with Gasteiger partial charge in [-0.2, -0.15) is 0 Å². The molecule has 0 atom stereocenters. The standard InChI is InChI=1S/C22H14ClF2N5O3S3/c1-34-22-28-27-21(35-22)29-36(31,32)18-11-13(24)10-17(20(18)25)33-16-6-5-12(23)9-14(16)15-3-2-4-19-26-7-8-30(15)19/h2-11H,1H3,(H,27,29). The predicted molar refractivity (Wildman–Crippen MR) is 135 cm³/mol. The molecule has 0 saturated heterocycles. The highest BCUT2D eigenvalue weighted by molar-refractivity contribution is 8.00. The number of ether oxygens (including phenoxy) is 1. The minimum absolute atomic E-state index is 0.0844. The van der Waals surface area contributed by atoms with E-state index in [9.17, 15) is 12.8 Å². The number of nitrogens with one attached hydrogen (secondary N) is 1. The molecular weight excluding hydrogens is 552 g/mol. The normalized spacial score (nSPS) is 11.7. The van der Waals surface area contributed by atoms with Crippen molar-refractivity contribution in [3.05, 3.63) is 77.6 Å². The third-order valence-electron chi connectivity index (χ3n) is 4.93. The van der Waals surface area contributed by atoms with Crippen LogP contribution < -0.4 is 9.46 Å². The van der Waals surface area contributed by atoms with Gasteiger partial charge in [-0.05, 0) is 42.7 Å². The molecule has 0 saturated carbocycles. The van der Waals surface area contributed by atoms with Crippen molar-refractivity contribution >= 4 is 55.5 Å².